The van der Waals surface area contributed by atoms with Gasteiger partial charge in [-0.25, -0.2) is 8.42 Å². The van der Waals surface area contributed by atoms with Gasteiger partial charge in [0.25, 0.3) is 10.0 Å². The molecule has 1 N–H and O–H groups in total. The number of hydrogen-bond acceptors (Lipinski definition) is 4. The smallest absolute Gasteiger partial charge is 0.264 e. The van der Waals surface area contributed by atoms with Crippen molar-refractivity contribution in [2.75, 3.05) is 10.8 Å². The number of nitrogens with one attached hydrogen (secondary N) is 1. The van der Waals surface area contributed by atoms with Crippen LogP contribution in [0.15, 0.2) is 71.6 Å². The van der Waals surface area contributed by atoms with Gasteiger partial charge in [0.05, 0.1) is 10.6 Å². The molecule has 0 bridgehead atoms. The van der Waals surface area contributed by atoms with Gasteiger partial charge in [0, 0.05) is 22.6 Å². The van der Waals surface area contributed by atoms with Crippen LogP contribution in [0.2, 0.25) is 10.0 Å². The Kier molecular flexibility index (Phi) is 11.2. The van der Waals surface area contributed by atoms with E-state index in [4.69, 9.17) is 23.2 Å². The van der Waals surface area contributed by atoms with Crippen molar-refractivity contribution >= 4 is 50.7 Å². The van der Waals surface area contributed by atoms with Gasteiger partial charge in [-0.1, -0.05) is 55.2 Å². The second kappa shape index (κ2) is 14.2. The van der Waals surface area contributed by atoms with Gasteiger partial charge in [-0.05, 0) is 98.8 Å². The molecular weight excluding hydrogens is 581 g/mol. The first kappa shape index (κ1) is 32.4. The Hall–Kier alpha value is -3.07. The number of carbonyl (C=O) groups is 2. The highest BCUT2D eigenvalue weighted by Crippen LogP contribution is 2.27. The number of carbonyl (C=O) groups excluding carboxylic acids is 2. The summed E-state index contributed by atoms with van der Waals surface area (Å²) >= 11 is 12.1. The van der Waals surface area contributed by atoms with Crippen LogP contribution in [0.1, 0.15) is 50.3 Å². The molecular formula is C31H37Cl2N3O4S. The monoisotopic (exact) mass is 617 g/mol. The molecule has 0 aromatic heterocycles. The summed E-state index contributed by atoms with van der Waals surface area (Å²) in [5, 5.41) is 3.91. The maximum absolute atomic E-state index is 14.1. The Morgan fingerprint density at radius 3 is 1.98 bits per heavy atom. The Bertz CT molecular complexity index is 1460. The summed E-state index contributed by atoms with van der Waals surface area (Å²) in [5.41, 5.74) is 2.97. The molecule has 0 aliphatic carbocycles. The molecule has 0 saturated carbocycles. The van der Waals surface area contributed by atoms with Gasteiger partial charge in [-0.15, -0.1) is 0 Å². The zero-order chi connectivity index (χ0) is 30.3. The average molecular weight is 619 g/mol. The van der Waals surface area contributed by atoms with Crippen LogP contribution >= 0.6 is 23.2 Å². The van der Waals surface area contributed by atoms with E-state index in [0.29, 0.717) is 22.2 Å². The third kappa shape index (κ3) is 8.24. The molecule has 0 heterocycles. The lowest BCUT2D eigenvalue weighted by Crippen LogP contribution is -2.53. The zero-order valence-corrected chi connectivity index (χ0v) is 26.4. The number of amides is 2. The first-order valence-electron chi connectivity index (χ1n) is 13.6. The highest BCUT2D eigenvalue weighted by Gasteiger charge is 2.34. The predicted octanol–water partition coefficient (Wildman–Crippen LogP) is 6.53. The first-order valence-corrected chi connectivity index (χ1v) is 15.8. The van der Waals surface area contributed by atoms with Crippen LogP contribution in [-0.2, 0) is 26.2 Å². The topological polar surface area (TPSA) is 86.8 Å². The Morgan fingerprint density at radius 2 is 1.44 bits per heavy atom. The van der Waals surface area contributed by atoms with Crippen LogP contribution in [0.25, 0.3) is 0 Å². The molecule has 0 aliphatic rings. The molecule has 0 radical (unpaired) electrons. The second-order valence-corrected chi connectivity index (χ2v) is 12.9. The quantitative estimate of drug-likeness (QED) is 0.250. The number of anilines is 1. The molecule has 2 atom stereocenters. The van der Waals surface area contributed by atoms with E-state index >= 15 is 0 Å². The van der Waals surface area contributed by atoms with E-state index in [9.17, 15) is 18.0 Å². The lowest BCUT2D eigenvalue weighted by molar-refractivity contribution is -0.140. The van der Waals surface area contributed by atoms with E-state index in [-0.39, 0.29) is 23.4 Å². The van der Waals surface area contributed by atoms with Crippen molar-refractivity contribution < 1.29 is 18.0 Å². The third-order valence-corrected chi connectivity index (χ3v) is 9.40. The fourth-order valence-electron chi connectivity index (χ4n) is 4.29. The van der Waals surface area contributed by atoms with Crippen molar-refractivity contribution in [1.29, 1.82) is 0 Å². The van der Waals surface area contributed by atoms with E-state index < -0.39 is 28.5 Å². The summed E-state index contributed by atoms with van der Waals surface area (Å²) in [4.78, 5) is 28.9. The van der Waals surface area contributed by atoms with Gasteiger partial charge >= 0.3 is 0 Å². The minimum absolute atomic E-state index is 0.00117. The highest BCUT2D eigenvalue weighted by molar-refractivity contribution is 7.92. The predicted molar refractivity (Wildman–Crippen MR) is 166 cm³/mol. The van der Waals surface area contributed by atoms with E-state index in [1.54, 1.807) is 36.4 Å². The molecule has 3 rings (SSSR count). The Morgan fingerprint density at radius 1 is 0.854 bits per heavy atom. The van der Waals surface area contributed by atoms with Crippen molar-refractivity contribution in [3.8, 4) is 0 Å². The third-order valence-electron chi connectivity index (χ3n) is 7.11. The molecule has 3 aromatic rings. The SMILES string of the molecule is CC[C@H](C(=O)N[C@@H](C)CC)N(Cc1ccc(Cl)cc1)C(=O)CN(c1ccc(C)c(C)c1)S(=O)(=O)c1ccc(Cl)cc1. The molecule has 0 fully saturated rings. The molecule has 10 heteroatoms. The summed E-state index contributed by atoms with van der Waals surface area (Å²) in [6, 6.07) is 17.2. The number of benzene rings is 3. The summed E-state index contributed by atoms with van der Waals surface area (Å²) < 4.78 is 29.0. The van der Waals surface area contributed by atoms with Crippen LogP contribution in [0.4, 0.5) is 5.69 Å². The summed E-state index contributed by atoms with van der Waals surface area (Å²) in [5.74, 6) is -0.802. The van der Waals surface area contributed by atoms with Crippen LogP contribution in [-0.4, -0.2) is 43.8 Å². The van der Waals surface area contributed by atoms with Crippen LogP contribution in [0.3, 0.4) is 0 Å². The molecule has 0 saturated heterocycles. The molecule has 7 nitrogen and oxygen atoms in total. The van der Waals surface area contributed by atoms with Gasteiger partial charge in [0.2, 0.25) is 11.8 Å². The standard InChI is InChI=1S/C31H37Cl2N3O4S/c1-6-23(5)34-31(38)29(7-2)35(19-24-9-11-25(32)12-10-24)30(37)20-36(27-15-8-21(3)22(4)18-27)41(39,40)28-16-13-26(33)14-17-28/h8-18,23,29H,6-7,19-20H2,1-5H3,(H,34,38)/t23-,29+/m0/s1. The van der Waals surface area contributed by atoms with Gasteiger partial charge in [-0.3, -0.25) is 13.9 Å². The average Bonchev–Trinajstić information content (AvgIpc) is 2.94. The molecule has 3 aromatic carbocycles. The highest BCUT2D eigenvalue weighted by atomic mass is 35.5. The Balaban J connectivity index is 2.08. The summed E-state index contributed by atoms with van der Waals surface area (Å²) in [6.45, 7) is 9.10. The van der Waals surface area contributed by atoms with Crippen molar-refractivity contribution in [2.45, 2.75) is 71.0 Å². The number of sulfonamides is 1. The van der Waals surface area contributed by atoms with Crippen LogP contribution in [0, 0.1) is 13.8 Å². The molecule has 0 aliphatic heterocycles. The van der Waals surface area contributed by atoms with Crippen molar-refractivity contribution in [1.82, 2.24) is 10.2 Å². The lowest BCUT2D eigenvalue weighted by Gasteiger charge is -2.34. The summed E-state index contributed by atoms with van der Waals surface area (Å²) in [7, 11) is -4.17. The number of rotatable bonds is 12. The second-order valence-electron chi connectivity index (χ2n) is 10.1. The van der Waals surface area contributed by atoms with Crippen molar-refractivity contribution in [3.63, 3.8) is 0 Å². The molecule has 0 unspecified atom stereocenters. The fourth-order valence-corrected chi connectivity index (χ4v) is 5.95. The summed E-state index contributed by atoms with van der Waals surface area (Å²) in [6.07, 6.45) is 1.07. The maximum Gasteiger partial charge on any atom is 0.264 e. The van der Waals surface area contributed by atoms with Crippen LogP contribution in [0.5, 0.6) is 0 Å². The number of aryl methyl sites for hydroxylation is 2. The minimum Gasteiger partial charge on any atom is -0.352 e. The first-order chi connectivity index (χ1) is 19.4. The minimum atomic E-state index is -4.17. The van der Waals surface area contributed by atoms with Gasteiger partial charge in [0.1, 0.15) is 12.6 Å². The molecule has 220 valence electrons. The zero-order valence-electron chi connectivity index (χ0n) is 24.0. The van der Waals surface area contributed by atoms with Gasteiger partial charge < -0.3 is 10.2 Å². The fraction of sp³-hybridized carbons (Fsp3) is 0.355. The van der Waals surface area contributed by atoms with Crippen LogP contribution < -0.4 is 9.62 Å². The van der Waals surface area contributed by atoms with E-state index in [0.717, 1.165) is 27.4 Å². The van der Waals surface area contributed by atoms with Crippen molar-refractivity contribution in [2.24, 2.45) is 0 Å². The van der Waals surface area contributed by atoms with Crippen molar-refractivity contribution in [3.05, 3.63) is 93.5 Å². The number of hydrogen-bond donors (Lipinski definition) is 1. The van der Waals surface area contributed by atoms with E-state index in [2.05, 4.69) is 5.32 Å². The largest absolute Gasteiger partial charge is 0.352 e. The molecule has 41 heavy (non-hydrogen) atoms. The van der Waals surface area contributed by atoms with Gasteiger partial charge in [-0.2, -0.15) is 0 Å². The lowest BCUT2D eigenvalue weighted by atomic mass is 10.1. The van der Waals surface area contributed by atoms with Gasteiger partial charge in [0.15, 0.2) is 0 Å². The normalized spacial score (nSPS) is 12.9. The molecule has 2 amide bonds. The van der Waals surface area contributed by atoms with E-state index in [1.165, 1.54) is 29.2 Å². The van der Waals surface area contributed by atoms with E-state index in [1.807, 2.05) is 40.7 Å². The maximum atomic E-state index is 14.1. The Labute approximate surface area is 253 Å². The number of halogens is 2. The number of nitrogens with zero attached hydrogens (tertiary/aromatic N) is 2. The molecule has 0 spiro atoms.